The molecule has 0 aromatic heterocycles. The number of β-amino-alcohol motifs (C(OH)–C–C–N with tert-alkyl or cyclic N) is 1. The topological polar surface area (TPSA) is 43.8 Å². The third-order valence-electron chi connectivity index (χ3n) is 4.96. The van der Waals surface area contributed by atoms with Crippen LogP contribution in [0.1, 0.15) is 58.8 Å². The van der Waals surface area contributed by atoms with Gasteiger partial charge in [-0.25, -0.2) is 0 Å². The molecule has 2 aliphatic rings. The van der Waals surface area contributed by atoms with Crippen molar-refractivity contribution in [1.29, 1.82) is 0 Å². The summed E-state index contributed by atoms with van der Waals surface area (Å²) in [6, 6.07) is 0. The Morgan fingerprint density at radius 3 is 2.29 bits per heavy atom. The molecule has 0 aromatic carbocycles. The van der Waals surface area contributed by atoms with Gasteiger partial charge in [0.15, 0.2) is 0 Å². The number of piperazine rings is 1. The van der Waals surface area contributed by atoms with Crippen molar-refractivity contribution in [2.75, 3.05) is 32.7 Å². The van der Waals surface area contributed by atoms with Crippen LogP contribution >= 0.6 is 0 Å². The van der Waals surface area contributed by atoms with E-state index in [2.05, 4.69) is 18.7 Å². The third-order valence-corrected chi connectivity index (χ3v) is 4.96. The minimum absolute atomic E-state index is 0.305. The average Bonchev–Trinajstić information content (AvgIpc) is 2.46. The first kappa shape index (κ1) is 16.8. The summed E-state index contributed by atoms with van der Waals surface area (Å²) >= 11 is 0. The number of carbonyl (C=O) groups is 1. The Morgan fingerprint density at radius 1 is 1.10 bits per heavy atom. The first-order valence-corrected chi connectivity index (χ1v) is 8.71. The van der Waals surface area contributed by atoms with Gasteiger partial charge < -0.3 is 10.0 Å². The van der Waals surface area contributed by atoms with Gasteiger partial charge in [0, 0.05) is 39.1 Å². The lowest BCUT2D eigenvalue weighted by molar-refractivity contribution is -0.133. The van der Waals surface area contributed by atoms with E-state index in [1.54, 1.807) is 0 Å². The van der Waals surface area contributed by atoms with E-state index in [1.807, 2.05) is 4.90 Å². The number of hydrogen-bond acceptors (Lipinski definition) is 3. The van der Waals surface area contributed by atoms with Crippen molar-refractivity contribution in [3.63, 3.8) is 0 Å². The van der Waals surface area contributed by atoms with Crippen molar-refractivity contribution in [3.8, 4) is 0 Å². The fraction of sp³-hybridized carbons (Fsp3) is 0.941. The van der Waals surface area contributed by atoms with E-state index in [1.165, 1.54) is 6.42 Å². The lowest BCUT2D eigenvalue weighted by atomic mass is 9.84. The van der Waals surface area contributed by atoms with Gasteiger partial charge in [0.2, 0.25) is 5.91 Å². The van der Waals surface area contributed by atoms with Gasteiger partial charge in [-0.05, 0) is 25.2 Å². The van der Waals surface area contributed by atoms with E-state index >= 15 is 0 Å². The largest absolute Gasteiger partial charge is 0.389 e. The summed E-state index contributed by atoms with van der Waals surface area (Å²) in [5, 5.41) is 10.6. The van der Waals surface area contributed by atoms with Gasteiger partial charge >= 0.3 is 0 Å². The smallest absolute Gasteiger partial charge is 0.222 e. The minimum atomic E-state index is -0.470. The molecule has 2 rings (SSSR count). The molecule has 0 aromatic rings. The van der Waals surface area contributed by atoms with E-state index in [0.717, 1.165) is 64.8 Å². The predicted octanol–water partition coefficient (Wildman–Crippen LogP) is 2.26. The molecule has 1 N–H and O–H groups in total. The van der Waals surface area contributed by atoms with E-state index in [-0.39, 0.29) is 0 Å². The Labute approximate surface area is 129 Å². The van der Waals surface area contributed by atoms with Crippen LogP contribution in [0.25, 0.3) is 0 Å². The van der Waals surface area contributed by atoms with Gasteiger partial charge in [-0.2, -0.15) is 0 Å². The molecule has 0 bridgehead atoms. The number of rotatable bonds is 5. The Balaban J connectivity index is 1.71. The molecule has 1 heterocycles. The summed E-state index contributed by atoms with van der Waals surface area (Å²) < 4.78 is 0. The lowest BCUT2D eigenvalue weighted by Gasteiger charge is -2.41. The van der Waals surface area contributed by atoms with Crippen LogP contribution in [-0.4, -0.2) is 59.1 Å². The Morgan fingerprint density at radius 2 is 1.71 bits per heavy atom. The monoisotopic (exact) mass is 296 g/mol. The molecule has 0 radical (unpaired) electrons. The molecular weight excluding hydrogens is 264 g/mol. The van der Waals surface area contributed by atoms with Crippen molar-refractivity contribution in [2.24, 2.45) is 5.92 Å². The molecule has 1 aliphatic heterocycles. The van der Waals surface area contributed by atoms with Crippen molar-refractivity contribution >= 4 is 5.91 Å². The van der Waals surface area contributed by atoms with Crippen molar-refractivity contribution in [2.45, 2.75) is 64.4 Å². The summed E-state index contributed by atoms with van der Waals surface area (Å²) in [6.45, 7) is 8.60. The van der Waals surface area contributed by atoms with Gasteiger partial charge in [-0.3, -0.25) is 9.69 Å². The highest BCUT2D eigenvalue weighted by Gasteiger charge is 2.32. The molecule has 4 heteroatoms. The van der Waals surface area contributed by atoms with Crippen LogP contribution in [0.5, 0.6) is 0 Å². The molecule has 4 nitrogen and oxygen atoms in total. The van der Waals surface area contributed by atoms with Crippen molar-refractivity contribution in [3.05, 3.63) is 0 Å². The third kappa shape index (κ3) is 5.26. The van der Waals surface area contributed by atoms with Crippen LogP contribution in [0, 0.1) is 5.92 Å². The molecule has 0 spiro atoms. The summed E-state index contributed by atoms with van der Waals surface area (Å²) in [4.78, 5) is 16.5. The SMILES string of the molecule is CC(C)CCC(=O)N1CCN(CC2(O)CCCCC2)CC1. The van der Waals surface area contributed by atoms with Crippen LogP contribution < -0.4 is 0 Å². The number of carbonyl (C=O) groups excluding carboxylic acids is 1. The summed E-state index contributed by atoms with van der Waals surface area (Å²) in [5.74, 6) is 0.899. The fourth-order valence-electron chi connectivity index (χ4n) is 3.51. The van der Waals surface area contributed by atoms with Gasteiger partial charge in [0.25, 0.3) is 0 Å². The molecule has 1 amide bonds. The van der Waals surface area contributed by atoms with Crippen LogP contribution in [-0.2, 0) is 4.79 Å². The van der Waals surface area contributed by atoms with Gasteiger partial charge in [-0.1, -0.05) is 33.1 Å². The van der Waals surface area contributed by atoms with E-state index in [0.29, 0.717) is 18.2 Å². The van der Waals surface area contributed by atoms with Crippen molar-refractivity contribution < 1.29 is 9.90 Å². The molecule has 0 atom stereocenters. The Kier molecular flexibility index (Phi) is 6.06. The highest BCUT2D eigenvalue weighted by Crippen LogP contribution is 2.29. The zero-order chi connectivity index (χ0) is 15.3. The normalized spacial score (nSPS) is 23.5. The summed E-state index contributed by atoms with van der Waals surface area (Å²) in [5.41, 5.74) is -0.470. The molecule has 1 aliphatic carbocycles. The molecular formula is C17H32N2O2. The average molecular weight is 296 g/mol. The van der Waals surface area contributed by atoms with Crippen molar-refractivity contribution in [1.82, 2.24) is 9.80 Å². The number of hydrogen-bond donors (Lipinski definition) is 1. The van der Waals surface area contributed by atoms with Crippen LogP contribution in [0.15, 0.2) is 0 Å². The van der Waals surface area contributed by atoms with Crippen LogP contribution in [0.4, 0.5) is 0 Å². The maximum atomic E-state index is 12.1. The fourth-order valence-corrected chi connectivity index (χ4v) is 3.51. The zero-order valence-corrected chi connectivity index (χ0v) is 13.8. The molecule has 0 unspecified atom stereocenters. The van der Waals surface area contributed by atoms with E-state index < -0.39 is 5.60 Å². The quantitative estimate of drug-likeness (QED) is 0.846. The second-order valence-corrected chi connectivity index (χ2v) is 7.37. The highest BCUT2D eigenvalue weighted by atomic mass is 16.3. The molecule has 122 valence electrons. The maximum Gasteiger partial charge on any atom is 0.222 e. The number of nitrogens with zero attached hydrogens (tertiary/aromatic N) is 2. The lowest BCUT2D eigenvalue weighted by Crippen LogP contribution is -2.53. The van der Waals surface area contributed by atoms with E-state index in [4.69, 9.17) is 0 Å². The van der Waals surface area contributed by atoms with Crippen LogP contribution in [0.2, 0.25) is 0 Å². The van der Waals surface area contributed by atoms with Gasteiger partial charge in [0.05, 0.1) is 5.60 Å². The first-order valence-electron chi connectivity index (χ1n) is 8.71. The van der Waals surface area contributed by atoms with Gasteiger partial charge in [-0.15, -0.1) is 0 Å². The van der Waals surface area contributed by atoms with Gasteiger partial charge in [0.1, 0.15) is 0 Å². The summed E-state index contributed by atoms with van der Waals surface area (Å²) in [7, 11) is 0. The molecule has 21 heavy (non-hydrogen) atoms. The number of amides is 1. The second-order valence-electron chi connectivity index (χ2n) is 7.37. The van der Waals surface area contributed by atoms with Crippen LogP contribution in [0.3, 0.4) is 0 Å². The molecule has 2 fully saturated rings. The van der Waals surface area contributed by atoms with E-state index in [9.17, 15) is 9.90 Å². The number of aliphatic hydroxyl groups is 1. The summed E-state index contributed by atoms with van der Waals surface area (Å²) in [6.07, 6.45) is 7.14. The first-order chi connectivity index (χ1) is 9.98. The zero-order valence-electron chi connectivity index (χ0n) is 13.8. The Hall–Kier alpha value is -0.610. The second kappa shape index (κ2) is 7.59. The maximum absolute atomic E-state index is 12.1. The predicted molar refractivity (Wildman–Crippen MR) is 85.1 cm³/mol. The standard InChI is InChI=1S/C17H32N2O2/c1-15(2)6-7-16(20)19-12-10-18(11-13-19)14-17(21)8-4-3-5-9-17/h15,21H,3-14H2,1-2H3. The Bertz CT molecular complexity index is 330. The minimum Gasteiger partial charge on any atom is -0.389 e. The molecule has 1 saturated carbocycles. The molecule has 1 saturated heterocycles. The highest BCUT2D eigenvalue weighted by molar-refractivity contribution is 5.76.